The maximum Gasteiger partial charge on any atom is 0.344 e. The molecule has 0 aliphatic rings. The van der Waals surface area contributed by atoms with Crippen LogP contribution in [-0.2, 0) is 4.79 Å². The lowest BCUT2D eigenvalue weighted by atomic mass is 10.0. The summed E-state index contributed by atoms with van der Waals surface area (Å²) < 4.78 is 5.43. The third kappa shape index (κ3) is 4.02. The molecule has 0 saturated heterocycles. The molecule has 0 radical (unpaired) electrons. The van der Waals surface area contributed by atoms with Crippen LogP contribution in [0.25, 0.3) is 22.1 Å². The van der Waals surface area contributed by atoms with Gasteiger partial charge in [-0.2, -0.15) is 0 Å². The van der Waals surface area contributed by atoms with Crippen LogP contribution < -0.4 is 10.9 Å². The minimum absolute atomic E-state index is 0.0239. The van der Waals surface area contributed by atoms with Crippen LogP contribution in [0.15, 0.2) is 57.7 Å². The third-order valence-electron chi connectivity index (χ3n) is 4.45. The summed E-state index contributed by atoms with van der Waals surface area (Å²) in [5, 5.41) is 3.81. The highest BCUT2D eigenvalue weighted by molar-refractivity contribution is 5.91. The van der Waals surface area contributed by atoms with Crippen molar-refractivity contribution in [2.45, 2.75) is 39.5 Å². The number of rotatable bonds is 6. The van der Waals surface area contributed by atoms with Gasteiger partial charge in [-0.3, -0.25) is 4.79 Å². The molecular formula is C22H23NO3. The zero-order valence-corrected chi connectivity index (χ0v) is 15.2. The number of hydrogen-bond donors (Lipinski definition) is 1. The largest absolute Gasteiger partial charge is 0.422 e. The monoisotopic (exact) mass is 349 g/mol. The van der Waals surface area contributed by atoms with Gasteiger partial charge in [-0.15, -0.1) is 0 Å². The van der Waals surface area contributed by atoms with E-state index in [0.29, 0.717) is 17.6 Å². The first-order valence-corrected chi connectivity index (χ1v) is 9.02. The number of carbonyl (C=O) groups is 1. The highest BCUT2D eigenvalue weighted by Crippen LogP contribution is 2.26. The molecule has 0 aliphatic carbocycles. The lowest BCUT2D eigenvalue weighted by molar-refractivity contribution is -0.116. The van der Waals surface area contributed by atoms with Crippen LogP contribution in [0.2, 0.25) is 0 Å². The molecule has 3 aromatic rings. The predicted molar refractivity (Wildman–Crippen MR) is 105 cm³/mol. The number of unbranched alkanes of at least 4 members (excludes halogenated alkanes) is 2. The SMILES string of the molecule is CCCCCC(=O)Nc1ccc(-c2cc3ccccc3oc2=O)c(C)c1. The molecule has 1 heterocycles. The van der Waals surface area contributed by atoms with Gasteiger partial charge in [-0.1, -0.05) is 44.0 Å². The second-order valence-electron chi connectivity index (χ2n) is 6.52. The van der Waals surface area contributed by atoms with E-state index in [-0.39, 0.29) is 11.5 Å². The first kappa shape index (κ1) is 17.9. The van der Waals surface area contributed by atoms with Gasteiger partial charge in [-0.05, 0) is 48.7 Å². The van der Waals surface area contributed by atoms with Crippen LogP contribution in [0.1, 0.15) is 38.2 Å². The zero-order chi connectivity index (χ0) is 18.5. The molecule has 1 amide bonds. The average Bonchev–Trinajstić information content (AvgIpc) is 2.62. The first-order valence-electron chi connectivity index (χ1n) is 9.02. The Hall–Kier alpha value is -2.88. The molecule has 2 aromatic carbocycles. The fourth-order valence-electron chi connectivity index (χ4n) is 3.05. The van der Waals surface area contributed by atoms with E-state index in [1.807, 2.05) is 49.4 Å². The van der Waals surface area contributed by atoms with Gasteiger partial charge in [0.2, 0.25) is 5.91 Å². The molecule has 1 N–H and O–H groups in total. The number of para-hydroxylation sites is 1. The van der Waals surface area contributed by atoms with E-state index < -0.39 is 0 Å². The summed E-state index contributed by atoms with van der Waals surface area (Å²) in [5.74, 6) is 0.0239. The zero-order valence-electron chi connectivity index (χ0n) is 15.2. The smallest absolute Gasteiger partial charge is 0.344 e. The number of nitrogens with one attached hydrogen (secondary N) is 1. The fraction of sp³-hybridized carbons (Fsp3) is 0.273. The van der Waals surface area contributed by atoms with E-state index in [4.69, 9.17) is 4.42 Å². The van der Waals surface area contributed by atoms with Gasteiger partial charge in [-0.25, -0.2) is 4.79 Å². The van der Waals surface area contributed by atoms with Gasteiger partial charge in [0.25, 0.3) is 0 Å². The quantitative estimate of drug-likeness (QED) is 0.486. The standard InChI is InChI=1S/C22H23NO3/c1-3-4-5-10-21(24)23-17-11-12-18(15(2)13-17)19-14-16-8-6-7-9-20(16)26-22(19)25/h6-9,11-14H,3-5,10H2,1-2H3,(H,23,24). The Bertz CT molecular complexity index is 988. The number of fused-ring (bicyclic) bond motifs is 1. The molecule has 4 heteroatoms. The van der Waals surface area contributed by atoms with Crippen LogP contribution in [-0.4, -0.2) is 5.91 Å². The van der Waals surface area contributed by atoms with Gasteiger partial charge < -0.3 is 9.73 Å². The molecule has 0 fully saturated rings. The first-order chi connectivity index (χ1) is 12.6. The minimum Gasteiger partial charge on any atom is -0.422 e. The molecule has 0 atom stereocenters. The lowest BCUT2D eigenvalue weighted by Crippen LogP contribution is -2.11. The summed E-state index contributed by atoms with van der Waals surface area (Å²) in [6.45, 7) is 4.04. The third-order valence-corrected chi connectivity index (χ3v) is 4.45. The number of anilines is 1. The number of hydrogen-bond acceptors (Lipinski definition) is 3. The Kier molecular flexibility index (Phi) is 5.52. The maximum absolute atomic E-state index is 12.4. The van der Waals surface area contributed by atoms with Crippen molar-refractivity contribution < 1.29 is 9.21 Å². The average molecular weight is 349 g/mol. The number of benzene rings is 2. The molecule has 3 rings (SSSR count). The highest BCUT2D eigenvalue weighted by atomic mass is 16.4. The molecule has 1 aromatic heterocycles. The predicted octanol–water partition coefficient (Wildman–Crippen LogP) is 5.29. The van der Waals surface area contributed by atoms with Gasteiger partial charge in [0.15, 0.2) is 0 Å². The summed E-state index contributed by atoms with van der Waals surface area (Å²) in [7, 11) is 0. The summed E-state index contributed by atoms with van der Waals surface area (Å²) in [5.41, 5.74) is 3.23. The van der Waals surface area contributed by atoms with Crippen molar-refractivity contribution in [1.29, 1.82) is 0 Å². The van der Waals surface area contributed by atoms with Crippen molar-refractivity contribution in [1.82, 2.24) is 0 Å². The summed E-state index contributed by atoms with van der Waals surface area (Å²) >= 11 is 0. The number of amides is 1. The van der Waals surface area contributed by atoms with Crippen molar-refractivity contribution in [3.8, 4) is 11.1 Å². The molecule has 26 heavy (non-hydrogen) atoms. The normalized spacial score (nSPS) is 10.8. The maximum atomic E-state index is 12.4. The Balaban J connectivity index is 1.85. The van der Waals surface area contributed by atoms with E-state index >= 15 is 0 Å². The van der Waals surface area contributed by atoms with Crippen LogP contribution in [0.3, 0.4) is 0 Å². The van der Waals surface area contributed by atoms with Crippen molar-refractivity contribution in [3.63, 3.8) is 0 Å². The van der Waals surface area contributed by atoms with Crippen LogP contribution in [0.4, 0.5) is 5.69 Å². The van der Waals surface area contributed by atoms with E-state index in [1.165, 1.54) is 0 Å². The van der Waals surface area contributed by atoms with Gasteiger partial charge in [0.1, 0.15) is 5.58 Å². The van der Waals surface area contributed by atoms with Crippen LogP contribution >= 0.6 is 0 Å². The summed E-state index contributed by atoms with van der Waals surface area (Å²) in [6, 6.07) is 14.9. The summed E-state index contributed by atoms with van der Waals surface area (Å²) in [4.78, 5) is 24.3. The van der Waals surface area contributed by atoms with Gasteiger partial charge >= 0.3 is 5.63 Å². The van der Waals surface area contributed by atoms with E-state index in [2.05, 4.69) is 12.2 Å². The van der Waals surface area contributed by atoms with Crippen molar-refractivity contribution in [3.05, 3.63) is 64.5 Å². The molecule has 134 valence electrons. The highest BCUT2D eigenvalue weighted by Gasteiger charge is 2.11. The topological polar surface area (TPSA) is 59.3 Å². The Morgan fingerprint density at radius 1 is 1.04 bits per heavy atom. The molecule has 0 saturated carbocycles. The molecule has 0 spiro atoms. The van der Waals surface area contributed by atoms with Gasteiger partial charge in [0, 0.05) is 17.5 Å². The summed E-state index contributed by atoms with van der Waals surface area (Å²) in [6.07, 6.45) is 3.58. The van der Waals surface area contributed by atoms with Crippen molar-refractivity contribution in [2.75, 3.05) is 5.32 Å². The second kappa shape index (κ2) is 8.00. The van der Waals surface area contributed by atoms with E-state index in [1.54, 1.807) is 6.07 Å². The van der Waals surface area contributed by atoms with E-state index in [0.717, 1.165) is 41.5 Å². The van der Waals surface area contributed by atoms with Crippen LogP contribution in [0.5, 0.6) is 0 Å². The van der Waals surface area contributed by atoms with Crippen molar-refractivity contribution in [2.24, 2.45) is 0 Å². The molecule has 4 nitrogen and oxygen atoms in total. The molecule has 0 aliphatic heterocycles. The van der Waals surface area contributed by atoms with Gasteiger partial charge in [0.05, 0.1) is 5.56 Å². The second-order valence-corrected chi connectivity index (χ2v) is 6.52. The molecular weight excluding hydrogens is 326 g/mol. The Morgan fingerprint density at radius 2 is 1.85 bits per heavy atom. The molecule has 0 unspecified atom stereocenters. The fourth-order valence-corrected chi connectivity index (χ4v) is 3.05. The number of aryl methyl sites for hydroxylation is 1. The van der Waals surface area contributed by atoms with Crippen LogP contribution in [0, 0.1) is 6.92 Å². The minimum atomic E-state index is -0.358. The Morgan fingerprint density at radius 3 is 2.62 bits per heavy atom. The molecule has 0 bridgehead atoms. The van der Waals surface area contributed by atoms with Crippen molar-refractivity contribution >= 4 is 22.6 Å². The lowest BCUT2D eigenvalue weighted by Gasteiger charge is -2.10. The number of carbonyl (C=O) groups excluding carboxylic acids is 1. The Labute approximate surface area is 152 Å². The van der Waals surface area contributed by atoms with E-state index in [9.17, 15) is 9.59 Å².